The smallest absolute Gasteiger partial charge is 0.0521 e. The maximum absolute atomic E-state index is 6.00. The molecule has 0 saturated heterocycles. The van der Waals surface area contributed by atoms with E-state index in [1.165, 1.54) is 17.6 Å². The summed E-state index contributed by atoms with van der Waals surface area (Å²) in [6.45, 7) is 0. The van der Waals surface area contributed by atoms with E-state index in [4.69, 9.17) is 11.6 Å². The summed E-state index contributed by atoms with van der Waals surface area (Å²) in [6.07, 6.45) is 5.56. The lowest BCUT2D eigenvalue weighted by atomic mass is 10.1. The zero-order chi connectivity index (χ0) is 9.10. The predicted octanol–water partition coefficient (Wildman–Crippen LogP) is 3.56. The maximum atomic E-state index is 6.00. The van der Waals surface area contributed by atoms with Crippen LogP contribution in [0.2, 0.25) is 0 Å². The third-order valence-corrected chi connectivity index (χ3v) is 2.78. The lowest BCUT2D eigenvalue weighted by Gasteiger charge is -2.00. The first-order valence-corrected chi connectivity index (χ1v) is 5.16. The lowest BCUT2D eigenvalue weighted by Crippen LogP contribution is -1.86. The van der Waals surface area contributed by atoms with Crippen LogP contribution in [0.25, 0.3) is 0 Å². The average Bonchev–Trinajstić information content (AvgIpc) is 2.53. The molecule has 0 bridgehead atoms. The molecule has 1 atom stereocenters. The summed E-state index contributed by atoms with van der Waals surface area (Å²) < 4.78 is 0. The van der Waals surface area contributed by atoms with Crippen molar-refractivity contribution in [3.05, 3.63) is 47.5 Å². The predicted molar refractivity (Wildman–Crippen MR) is 57.1 cm³/mol. The highest BCUT2D eigenvalue weighted by molar-refractivity contribution is 6.22. The average molecular weight is 193 g/mol. The van der Waals surface area contributed by atoms with Crippen LogP contribution in [-0.2, 0) is 6.42 Å². The Morgan fingerprint density at radius 1 is 1.23 bits per heavy atom. The third-order valence-electron chi connectivity index (χ3n) is 2.43. The van der Waals surface area contributed by atoms with E-state index in [2.05, 4.69) is 36.4 Å². The highest BCUT2D eigenvalue weighted by Gasteiger charge is 2.12. The monoisotopic (exact) mass is 192 g/mol. The molecule has 13 heavy (non-hydrogen) atoms. The molecule has 0 heterocycles. The molecule has 0 fully saturated rings. The summed E-state index contributed by atoms with van der Waals surface area (Å²) in [5.41, 5.74) is 2.88. The molecule has 0 saturated carbocycles. The Bertz CT molecular complexity index is 300. The number of benzene rings is 1. The number of alkyl halides is 1. The number of hydrogen-bond acceptors (Lipinski definition) is 0. The van der Waals surface area contributed by atoms with Crippen LogP contribution < -0.4 is 0 Å². The minimum Gasteiger partial charge on any atom is -0.118 e. The fraction of sp³-hybridized carbons (Fsp3) is 0.333. The second-order valence-corrected chi connectivity index (χ2v) is 4.10. The fourth-order valence-electron chi connectivity index (χ4n) is 1.75. The zero-order valence-electron chi connectivity index (χ0n) is 7.54. The molecule has 1 aromatic rings. The molecule has 68 valence electrons. The molecule has 0 aliphatic heterocycles. The zero-order valence-corrected chi connectivity index (χ0v) is 8.30. The van der Waals surface area contributed by atoms with E-state index < -0.39 is 0 Å². The van der Waals surface area contributed by atoms with Crippen LogP contribution in [-0.4, -0.2) is 5.38 Å². The molecule has 0 amide bonds. The Kier molecular flexibility index (Phi) is 2.70. The van der Waals surface area contributed by atoms with Gasteiger partial charge in [0, 0.05) is 0 Å². The van der Waals surface area contributed by atoms with Gasteiger partial charge in [-0.1, -0.05) is 42.0 Å². The molecule has 0 radical (unpaired) electrons. The van der Waals surface area contributed by atoms with Gasteiger partial charge in [-0.2, -0.15) is 0 Å². The van der Waals surface area contributed by atoms with E-state index in [1.54, 1.807) is 0 Å². The van der Waals surface area contributed by atoms with Gasteiger partial charge in [0.1, 0.15) is 0 Å². The maximum Gasteiger partial charge on any atom is 0.0521 e. The van der Waals surface area contributed by atoms with Gasteiger partial charge in [0.2, 0.25) is 0 Å². The van der Waals surface area contributed by atoms with Crippen molar-refractivity contribution in [1.82, 2.24) is 0 Å². The van der Waals surface area contributed by atoms with Gasteiger partial charge < -0.3 is 0 Å². The van der Waals surface area contributed by atoms with Gasteiger partial charge in [-0.25, -0.2) is 0 Å². The van der Waals surface area contributed by atoms with Crippen LogP contribution >= 0.6 is 11.6 Å². The van der Waals surface area contributed by atoms with Crippen molar-refractivity contribution in [2.75, 3.05) is 0 Å². The van der Waals surface area contributed by atoms with Crippen LogP contribution in [0.4, 0.5) is 0 Å². The lowest BCUT2D eigenvalue weighted by molar-refractivity contribution is 0.892. The number of halogens is 1. The first-order valence-electron chi connectivity index (χ1n) is 4.72. The van der Waals surface area contributed by atoms with Gasteiger partial charge in [0.15, 0.2) is 0 Å². The first kappa shape index (κ1) is 8.83. The van der Waals surface area contributed by atoms with Gasteiger partial charge in [0.25, 0.3) is 0 Å². The van der Waals surface area contributed by atoms with Crippen LogP contribution in [0, 0.1) is 0 Å². The van der Waals surface area contributed by atoms with Crippen molar-refractivity contribution in [3.8, 4) is 0 Å². The largest absolute Gasteiger partial charge is 0.118 e. The number of hydrogen-bond donors (Lipinski definition) is 0. The molecule has 0 aromatic heterocycles. The molecular formula is C12H13Cl. The van der Waals surface area contributed by atoms with Crippen LogP contribution in [0.1, 0.15) is 18.4 Å². The minimum atomic E-state index is 0.277. The summed E-state index contributed by atoms with van der Waals surface area (Å²) in [4.78, 5) is 0. The Morgan fingerprint density at radius 3 is 2.62 bits per heavy atom. The highest BCUT2D eigenvalue weighted by Crippen LogP contribution is 2.25. The van der Waals surface area contributed by atoms with Crippen molar-refractivity contribution in [2.24, 2.45) is 0 Å². The standard InChI is InChI=1S/C12H13Cl/c13-12-7-6-11(9-12)8-10-4-2-1-3-5-10/h1-5,9,12H,6-8H2. The van der Waals surface area contributed by atoms with Crippen LogP contribution in [0.5, 0.6) is 0 Å². The molecule has 0 N–H and O–H groups in total. The Balaban J connectivity index is 2.03. The van der Waals surface area contributed by atoms with Crippen molar-refractivity contribution in [2.45, 2.75) is 24.6 Å². The molecule has 1 aliphatic rings. The molecule has 1 unspecified atom stereocenters. The van der Waals surface area contributed by atoms with Gasteiger partial charge in [-0.3, -0.25) is 0 Å². The normalized spacial score (nSPS) is 21.6. The van der Waals surface area contributed by atoms with E-state index in [1.807, 2.05) is 0 Å². The van der Waals surface area contributed by atoms with Crippen molar-refractivity contribution >= 4 is 11.6 Å². The minimum absolute atomic E-state index is 0.277. The molecule has 0 spiro atoms. The fourth-order valence-corrected chi connectivity index (χ4v) is 2.04. The van der Waals surface area contributed by atoms with Gasteiger partial charge >= 0.3 is 0 Å². The Labute approximate surface area is 84.2 Å². The van der Waals surface area contributed by atoms with Crippen LogP contribution in [0.15, 0.2) is 42.0 Å². The SMILES string of the molecule is ClC1C=C(Cc2ccccc2)CC1. The number of allylic oxidation sites excluding steroid dienone is 2. The van der Waals surface area contributed by atoms with E-state index in [0.29, 0.717) is 0 Å². The molecule has 0 nitrogen and oxygen atoms in total. The van der Waals surface area contributed by atoms with Crippen molar-refractivity contribution in [3.63, 3.8) is 0 Å². The summed E-state index contributed by atoms with van der Waals surface area (Å²) >= 11 is 6.00. The Hall–Kier alpha value is -0.750. The quantitative estimate of drug-likeness (QED) is 0.497. The van der Waals surface area contributed by atoms with E-state index in [9.17, 15) is 0 Å². The molecule has 1 aromatic carbocycles. The van der Waals surface area contributed by atoms with Gasteiger partial charge in [-0.15, -0.1) is 11.6 Å². The summed E-state index contributed by atoms with van der Waals surface area (Å²) in [5.74, 6) is 0. The van der Waals surface area contributed by atoms with E-state index in [0.717, 1.165) is 12.8 Å². The molecular weight excluding hydrogens is 180 g/mol. The van der Waals surface area contributed by atoms with E-state index in [-0.39, 0.29) is 5.38 Å². The third kappa shape index (κ3) is 2.35. The van der Waals surface area contributed by atoms with E-state index >= 15 is 0 Å². The molecule has 1 heteroatoms. The topological polar surface area (TPSA) is 0 Å². The summed E-state index contributed by atoms with van der Waals surface area (Å²) in [6, 6.07) is 10.6. The second kappa shape index (κ2) is 3.97. The highest BCUT2D eigenvalue weighted by atomic mass is 35.5. The van der Waals surface area contributed by atoms with Crippen molar-refractivity contribution in [1.29, 1.82) is 0 Å². The molecule has 2 rings (SSSR count). The second-order valence-electron chi connectivity index (χ2n) is 3.54. The summed E-state index contributed by atoms with van der Waals surface area (Å²) in [5, 5.41) is 0.277. The number of rotatable bonds is 2. The molecule has 1 aliphatic carbocycles. The Morgan fingerprint density at radius 2 is 2.00 bits per heavy atom. The first-order chi connectivity index (χ1) is 6.34. The summed E-state index contributed by atoms with van der Waals surface area (Å²) in [7, 11) is 0. The van der Waals surface area contributed by atoms with Crippen LogP contribution in [0.3, 0.4) is 0 Å². The van der Waals surface area contributed by atoms with Gasteiger partial charge in [0.05, 0.1) is 5.38 Å². The van der Waals surface area contributed by atoms with Crippen molar-refractivity contribution < 1.29 is 0 Å². The van der Waals surface area contributed by atoms with Gasteiger partial charge in [-0.05, 0) is 24.8 Å².